The molecule has 3 fully saturated rings. The van der Waals surface area contributed by atoms with E-state index >= 15 is 0 Å². The van der Waals surface area contributed by atoms with Crippen molar-refractivity contribution < 1.29 is 9.90 Å². The van der Waals surface area contributed by atoms with Crippen LogP contribution >= 0.6 is 0 Å². The van der Waals surface area contributed by atoms with Gasteiger partial charge in [0.1, 0.15) is 0 Å². The molecule has 3 aliphatic rings. The molecule has 0 spiro atoms. The van der Waals surface area contributed by atoms with Crippen LogP contribution in [-0.2, 0) is 4.79 Å². The lowest BCUT2D eigenvalue weighted by molar-refractivity contribution is -0.139. The summed E-state index contributed by atoms with van der Waals surface area (Å²) in [5.74, 6) is 1.11. The van der Waals surface area contributed by atoms with Gasteiger partial charge in [-0.25, -0.2) is 0 Å². The van der Waals surface area contributed by atoms with Crippen molar-refractivity contribution in [3.8, 4) is 0 Å². The highest BCUT2D eigenvalue weighted by Crippen LogP contribution is 2.35. The van der Waals surface area contributed by atoms with Crippen molar-refractivity contribution in [2.24, 2.45) is 5.92 Å². The Kier molecular flexibility index (Phi) is 5.17. The average molecular weight is 294 g/mol. The number of nitrogens with zero attached hydrogens (tertiary/aromatic N) is 2. The first-order chi connectivity index (χ1) is 10.3. The molecule has 0 bridgehead atoms. The van der Waals surface area contributed by atoms with Crippen molar-refractivity contribution in [3.05, 3.63) is 0 Å². The van der Waals surface area contributed by atoms with Crippen LogP contribution in [0.3, 0.4) is 0 Å². The fraction of sp³-hybridized carbons (Fsp3) is 0.941. The number of piperidine rings is 1. The number of hydrogen-bond acceptors (Lipinski definition) is 3. The highest BCUT2D eigenvalue weighted by molar-refractivity contribution is 5.78. The fourth-order valence-corrected chi connectivity index (χ4v) is 4.30. The largest absolute Gasteiger partial charge is 0.396 e. The average Bonchev–Trinajstić information content (AvgIpc) is 3.35. The molecule has 4 nitrogen and oxygen atoms in total. The van der Waals surface area contributed by atoms with E-state index in [0.29, 0.717) is 24.5 Å². The summed E-state index contributed by atoms with van der Waals surface area (Å²) in [6.07, 6.45) is 10.9. The number of fused-ring (bicyclic) bond motifs is 1. The van der Waals surface area contributed by atoms with Crippen LogP contribution in [0.5, 0.6) is 0 Å². The molecule has 0 aromatic heterocycles. The molecule has 1 aliphatic heterocycles. The Morgan fingerprint density at radius 2 is 1.86 bits per heavy atom. The Hall–Kier alpha value is -0.610. The third-order valence-electron chi connectivity index (χ3n) is 5.57. The minimum Gasteiger partial charge on any atom is -0.396 e. The van der Waals surface area contributed by atoms with Crippen molar-refractivity contribution in [1.82, 2.24) is 9.80 Å². The summed E-state index contributed by atoms with van der Waals surface area (Å²) >= 11 is 0. The van der Waals surface area contributed by atoms with Crippen molar-refractivity contribution in [2.45, 2.75) is 69.9 Å². The van der Waals surface area contributed by atoms with Crippen LogP contribution in [0.4, 0.5) is 0 Å². The number of rotatable bonds is 6. The summed E-state index contributed by atoms with van der Waals surface area (Å²) in [6, 6.07) is 1.13. The van der Waals surface area contributed by atoms with Gasteiger partial charge >= 0.3 is 0 Å². The second kappa shape index (κ2) is 7.10. The summed E-state index contributed by atoms with van der Waals surface area (Å²) < 4.78 is 0. The number of aliphatic hydroxyl groups excluding tert-OH is 1. The molecule has 0 aromatic rings. The minimum absolute atomic E-state index is 0.228. The zero-order valence-corrected chi connectivity index (χ0v) is 13.2. The van der Waals surface area contributed by atoms with E-state index in [1.807, 2.05) is 0 Å². The molecule has 21 heavy (non-hydrogen) atoms. The molecule has 1 N–H and O–H groups in total. The molecule has 3 rings (SSSR count). The van der Waals surface area contributed by atoms with Crippen molar-refractivity contribution in [2.75, 3.05) is 26.2 Å². The first-order valence-corrected chi connectivity index (χ1v) is 8.94. The van der Waals surface area contributed by atoms with E-state index in [1.165, 1.54) is 51.4 Å². The number of hydrogen-bond donors (Lipinski definition) is 1. The lowest BCUT2D eigenvalue weighted by Gasteiger charge is -2.44. The van der Waals surface area contributed by atoms with Gasteiger partial charge in [0.15, 0.2) is 0 Å². The standard InChI is InChI=1S/C17H30N2O2/c20-12-4-10-18(15-8-9-15)13-17(21)19-11-3-6-14-5-1-2-7-16(14)19/h14-16,20H,1-13H2/t14-,16+/m0/s1. The van der Waals surface area contributed by atoms with Crippen LogP contribution in [0.2, 0.25) is 0 Å². The van der Waals surface area contributed by atoms with Gasteiger partial charge in [-0.05, 0) is 50.9 Å². The molecule has 1 amide bonds. The number of likely N-dealkylation sites (tertiary alicyclic amines) is 1. The Labute approximate surface area is 128 Å². The molecule has 4 heteroatoms. The number of carbonyl (C=O) groups excluding carboxylic acids is 1. The van der Waals surface area contributed by atoms with Crippen LogP contribution < -0.4 is 0 Å². The van der Waals surface area contributed by atoms with Gasteiger partial charge in [0.05, 0.1) is 6.54 Å². The Morgan fingerprint density at radius 3 is 2.62 bits per heavy atom. The zero-order chi connectivity index (χ0) is 14.7. The van der Waals surface area contributed by atoms with Crippen LogP contribution in [0.1, 0.15) is 57.8 Å². The summed E-state index contributed by atoms with van der Waals surface area (Å²) in [5, 5.41) is 9.03. The van der Waals surface area contributed by atoms with E-state index in [4.69, 9.17) is 5.11 Å². The highest BCUT2D eigenvalue weighted by Gasteiger charge is 2.37. The first kappa shape index (κ1) is 15.3. The molecule has 1 heterocycles. The smallest absolute Gasteiger partial charge is 0.237 e. The Bertz CT molecular complexity index is 355. The highest BCUT2D eigenvalue weighted by atomic mass is 16.3. The maximum absolute atomic E-state index is 12.8. The lowest BCUT2D eigenvalue weighted by Crippen LogP contribution is -2.52. The molecule has 2 saturated carbocycles. The quantitative estimate of drug-likeness (QED) is 0.815. The van der Waals surface area contributed by atoms with E-state index in [1.54, 1.807) is 0 Å². The van der Waals surface area contributed by atoms with Crippen molar-refractivity contribution in [3.63, 3.8) is 0 Å². The van der Waals surface area contributed by atoms with Crippen LogP contribution in [-0.4, -0.2) is 59.1 Å². The van der Waals surface area contributed by atoms with Crippen molar-refractivity contribution >= 4 is 5.91 Å². The van der Waals surface area contributed by atoms with Crippen LogP contribution in [0.15, 0.2) is 0 Å². The first-order valence-electron chi connectivity index (χ1n) is 8.94. The molecule has 2 atom stereocenters. The molecule has 0 aromatic carbocycles. The maximum atomic E-state index is 12.8. The minimum atomic E-state index is 0.228. The molecular formula is C17H30N2O2. The second-order valence-electron chi connectivity index (χ2n) is 7.12. The lowest BCUT2D eigenvalue weighted by atomic mass is 9.78. The summed E-state index contributed by atoms with van der Waals surface area (Å²) in [6.45, 7) is 2.65. The molecule has 120 valence electrons. The van der Waals surface area contributed by atoms with Gasteiger partial charge < -0.3 is 10.0 Å². The van der Waals surface area contributed by atoms with Gasteiger partial charge in [-0.1, -0.05) is 12.8 Å². The summed E-state index contributed by atoms with van der Waals surface area (Å²) in [7, 11) is 0. The van der Waals surface area contributed by atoms with Crippen molar-refractivity contribution in [1.29, 1.82) is 0 Å². The SMILES string of the molecule is O=C(CN(CCCO)C1CC1)N1CCC[C@@H]2CCCC[C@H]21. The third-order valence-corrected chi connectivity index (χ3v) is 5.57. The third kappa shape index (κ3) is 3.78. The van der Waals surface area contributed by atoms with E-state index in [2.05, 4.69) is 9.80 Å². The monoisotopic (exact) mass is 294 g/mol. The Morgan fingerprint density at radius 1 is 1.10 bits per heavy atom. The van der Waals surface area contributed by atoms with Gasteiger partial charge in [-0.15, -0.1) is 0 Å². The summed E-state index contributed by atoms with van der Waals surface area (Å²) in [5.41, 5.74) is 0. The van der Waals surface area contributed by atoms with Crippen LogP contribution in [0.25, 0.3) is 0 Å². The van der Waals surface area contributed by atoms with Gasteiger partial charge in [0.2, 0.25) is 5.91 Å². The zero-order valence-electron chi connectivity index (χ0n) is 13.2. The van der Waals surface area contributed by atoms with Gasteiger partial charge in [-0.2, -0.15) is 0 Å². The predicted molar refractivity (Wildman–Crippen MR) is 83.0 cm³/mol. The predicted octanol–water partition coefficient (Wildman–Crippen LogP) is 2.01. The Balaban J connectivity index is 1.57. The van der Waals surface area contributed by atoms with E-state index in [-0.39, 0.29) is 6.61 Å². The molecule has 0 unspecified atom stereocenters. The number of amides is 1. The van der Waals surface area contributed by atoms with Gasteiger partial charge in [-0.3, -0.25) is 9.69 Å². The van der Waals surface area contributed by atoms with E-state index in [0.717, 1.165) is 25.4 Å². The van der Waals surface area contributed by atoms with E-state index in [9.17, 15) is 4.79 Å². The summed E-state index contributed by atoms with van der Waals surface area (Å²) in [4.78, 5) is 17.3. The molecule has 0 radical (unpaired) electrons. The topological polar surface area (TPSA) is 43.8 Å². The molecule has 1 saturated heterocycles. The maximum Gasteiger partial charge on any atom is 0.237 e. The van der Waals surface area contributed by atoms with Gasteiger partial charge in [0.25, 0.3) is 0 Å². The van der Waals surface area contributed by atoms with Crippen LogP contribution in [0, 0.1) is 5.92 Å². The molecular weight excluding hydrogens is 264 g/mol. The fourth-order valence-electron chi connectivity index (χ4n) is 4.30. The normalized spacial score (nSPS) is 29.5. The number of aliphatic hydroxyl groups is 1. The van der Waals surface area contributed by atoms with E-state index < -0.39 is 0 Å². The molecule has 2 aliphatic carbocycles. The number of carbonyl (C=O) groups is 1. The second-order valence-corrected chi connectivity index (χ2v) is 7.12. The van der Waals surface area contributed by atoms with Gasteiger partial charge in [0, 0.05) is 31.8 Å².